The summed E-state index contributed by atoms with van der Waals surface area (Å²) < 4.78 is 19.2. The van der Waals surface area contributed by atoms with Crippen molar-refractivity contribution in [2.75, 3.05) is 31.3 Å². The van der Waals surface area contributed by atoms with Gasteiger partial charge in [0, 0.05) is 22.9 Å². The van der Waals surface area contributed by atoms with Gasteiger partial charge in [0.15, 0.2) is 0 Å². The van der Waals surface area contributed by atoms with Crippen LogP contribution in [0.5, 0.6) is 11.5 Å². The average Bonchev–Trinajstić information content (AvgIpc) is 3.32. The number of anilines is 2. The molecule has 0 radical (unpaired) electrons. The van der Waals surface area contributed by atoms with E-state index in [1.807, 2.05) is 54.7 Å². The van der Waals surface area contributed by atoms with Gasteiger partial charge in [-0.25, -0.2) is 14.6 Å². The molecule has 0 aliphatic rings. The van der Waals surface area contributed by atoms with Gasteiger partial charge in [-0.3, -0.25) is 0 Å². The third kappa shape index (κ3) is 5.39. The van der Waals surface area contributed by atoms with Crippen LogP contribution in [0.25, 0.3) is 21.8 Å². The summed E-state index contributed by atoms with van der Waals surface area (Å²) in [5.41, 5.74) is 14.1. The maximum atomic E-state index is 5.94. The SMILES string of the molecule is Nc1cc(OCCOCCn2cc(COc3cc(N)nc4ccccc34)nn2)c2ccccc2n1. The Morgan fingerprint density at radius 2 is 1.37 bits per heavy atom. The lowest BCUT2D eigenvalue weighted by Gasteiger charge is -2.10. The molecule has 178 valence electrons. The Morgan fingerprint density at radius 3 is 2.06 bits per heavy atom. The maximum Gasteiger partial charge on any atom is 0.134 e. The summed E-state index contributed by atoms with van der Waals surface area (Å²) in [4.78, 5) is 8.63. The molecule has 0 atom stereocenters. The van der Waals surface area contributed by atoms with Crippen LogP contribution in [0.1, 0.15) is 5.69 Å². The van der Waals surface area contributed by atoms with Gasteiger partial charge < -0.3 is 25.7 Å². The number of ether oxygens (including phenoxy) is 3. The molecule has 3 aromatic heterocycles. The average molecular weight is 472 g/mol. The van der Waals surface area contributed by atoms with Gasteiger partial charge in [-0.15, -0.1) is 5.10 Å². The Morgan fingerprint density at radius 1 is 0.743 bits per heavy atom. The molecule has 0 spiro atoms. The van der Waals surface area contributed by atoms with E-state index in [4.69, 9.17) is 25.7 Å². The van der Waals surface area contributed by atoms with Crippen molar-refractivity contribution in [1.29, 1.82) is 0 Å². The summed E-state index contributed by atoms with van der Waals surface area (Å²) in [5, 5.41) is 10.1. The number of pyridine rings is 2. The van der Waals surface area contributed by atoms with E-state index in [-0.39, 0.29) is 6.61 Å². The molecule has 35 heavy (non-hydrogen) atoms. The van der Waals surface area contributed by atoms with Gasteiger partial charge in [0.25, 0.3) is 0 Å². The number of para-hydroxylation sites is 2. The zero-order valence-corrected chi connectivity index (χ0v) is 19.0. The van der Waals surface area contributed by atoms with Crippen molar-refractivity contribution >= 4 is 33.4 Å². The van der Waals surface area contributed by atoms with Gasteiger partial charge in [0.2, 0.25) is 0 Å². The van der Waals surface area contributed by atoms with E-state index in [2.05, 4.69) is 20.3 Å². The summed E-state index contributed by atoms with van der Waals surface area (Å²) in [6.45, 7) is 2.12. The fourth-order valence-electron chi connectivity index (χ4n) is 3.70. The quantitative estimate of drug-likeness (QED) is 0.294. The molecule has 0 bridgehead atoms. The number of nitrogens with zero attached hydrogens (tertiary/aromatic N) is 5. The second kappa shape index (κ2) is 10.2. The summed E-state index contributed by atoms with van der Waals surface area (Å²) in [7, 11) is 0. The minimum Gasteiger partial charge on any atom is -0.490 e. The highest BCUT2D eigenvalue weighted by molar-refractivity contribution is 5.87. The standard InChI is InChI=1S/C25H25N7O3/c26-24-13-22(18-5-1-3-7-20(18)28-24)34-12-11-33-10-9-32-15-17(30-31-32)16-35-23-14-25(27)29-21-8-4-2-6-19(21)23/h1-8,13-15H,9-12,16H2,(H2,26,28)(H2,27,29). The number of fused-ring (bicyclic) bond motifs is 2. The molecule has 0 fully saturated rings. The summed E-state index contributed by atoms with van der Waals surface area (Å²) in [6, 6.07) is 18.8. The molecule has 0 saturated carbocycles. The summed E-state index contributed by atoms with van der Waals surface area (Å²) >= 11 is 0. The molecule has 3 heterocycles. The molecule has 0 aliphatic carbocycles. The molecular weight excluding hydrogens is 446 g/mol. The lowest BCUT2D eigenvalue weighted by Crippen LogP contribution is -2.12. The van der Waals surface area contributed by atoms with Crippen LogP contribution in [0.2, 0.25) is 0 Å². The van der Waals surface area contributed by atoms with Crippen molar-refractivity contribution < 1.29 is 14.2 Å². The Kier molecular flexibility index (Phi) is 6.53. The van der Waals surface area contributed by atoms with Gasteiger partial charge in [0.05, 0.1) is 37.0 Å². The smallest absolute Gasteiger partial charge is 0.134 e. The summed E-state index contributed by atoms with van der Waals surface area (Å²) in [6.07, 6.45) is 1.83. The Balaban J connectivity index is 1.07. The lowest BCUT2D eigenvalue weighted by atomic mass is 10.2. The van der Waals surface area contributed by atoms with E-state index in [0.717, 1.165) is 21.8 Å². The molecule has 0 saturated heterocycles. The van der Waals surface area contributed by atoms with Crippen LogP contribution < -0.4 is 20.9 Å². The van der Waals surface area contributed by atoms with Crippen molar-refractivity contribution in [3.63, 3.8) is 0 Å². The zero-order chi connectivity index (χ0) is 24.0. The molecule has 5 rings (SSSR count). The number of nitrogen functional groups attached to an aromatic ring is 2. The van der Waals surface area contributed by atoms with Crippen molar-refractivity contribution in [3.8, 4) is 11.5 Å². The van der Waals surface area contributed by atoms with E-state index in [0.29, 0.717) is 55.2 Å². The highest BCUT2D eigenvalue weighted by Gasteiger charge is 2.08. The van der Waals surface area contributed by atoms with Gasteiger partial charge >= 0.3 is 0 Å². The minimum atomic E-state index is 0.269. The Labute approximate surface area is 201 Å². The first-order valence-corrected chi connectivity index (χ1v) is 11.2. The van der Waals surface area contributed by atoms with E-state index in [1.54, 1.807) is 16.8 Å². The van der Waals surface area contributed by atoms with Crippen LogP contribution in [0.15, 0.2) is 66.9 Å². The number of nitrogens with two attached hydrogens (primary N) is 2. The van der Waals surface area contributed by atoms with E-state index in [1.165, 1.54) is 0 Å². The topological polar surface area (TPSA) is 136 Å². The van der Waals surface area contributed by atoms with Crippen LogP contribution in [-0.4, -0.2) is 44.8 Å². The van der Waals surface area contributed by atoms with E-state index >= 15 is 0 Å². The molecule has 0 unspecified atom stereocenters. The molecule has 10 nitrogen and oxygen atoms in total. The molecule has 0 amide bonds. The molecule has 4 N–H and O–H groups in total. The fraction of sp³-hybridized carbons (Fsp3) is 0.200. The highest BCUT2D eigenvalue weighted by atomic mass is 16.5. The Hall–Kier alpha value is -4.44. The van der Waals surface area contributed by atoms with Crippen molar-refractivity contribution in [3.05, 3.63) is 72.6 Å². The van der Waals surface area contributed by atoms with Gasteiger partial charge in [-0.1, -0.05) is 29.5 Å². The molecule has 5 aromatic rings. The molecule has 2 aromatic carbocycles. The lowest BCUT2D eigenvalue weighted by molar-refractivity contribution is 0.0928. The third-order valence-corrected chi connectivity index (χ3v) is 5.31. The van der Waals surface area contributed by atoms with Crippen LogP contribution in [-0.2, 0) is 17.9 Å². The fourth-order valence-corrected chi connectivity index (χ4v) is 3.70. The summed E-state index contributed by atoms with van der Waals surface area (Å²) in [5.74, 6) is 2.19. The Bertz CT molecular complexity index is 1450. The number of benzene rings is 2. The third-order valence-electron chi connectivity index (χ3n) is 5.31. The number of rotatable bonds is 10. The van der Waals surface area contributed by atoms with Crippen molar-refractivity contribution in [1.82, 2.24) is 25.0 Å². The van der Waals surface area contributed by atoms with Gasteiger partial charge in [-0.05, 0) is 24.3 Å². The van der Waals surface area contributed by atoms with Crippen LogP contribution in [0.3, 0.4) is 0 Å². The van der Waals surface area contributed by atoms with Gasteiger partial charge in [0.1, 0.15) is 42.0 Å². The number of aromatic nitrogens is 5. The maximum absolute atomic E-state index is 5.94. The van der Waals surface area contributed by atoms with Crippen LogP contribution >= 0.6 is 0 Å². The predicted octanol–water partition coefficient (Wildman–Crippen LogP) is 3.21. The second-order valence-corrected chi connectivity index (χ2v) is 7.85. The zero-order valence-electron chi connectivity index (χ0n) is 19.0. The monoisotopic (exact) mass is 471 g/mol. The normalized spacial score (nSPS) is 11.2. The minimum absolute atomic E-state index is 0.269. The highest BCUT2D eigenvalue weighted by Crippen LogP contribution is 2.27. The predicted molar refractivity (Wildman–Crippen MR) is 133 cm³/mol. The van der Waals surface area contributed by atoms with E-state index in [9.17, 15) is 0 Å². The second-order valence-electron chi connectivity index (χ2n) is 7.85. The molecular formula is C25H25N7O3. The van der Waals surface area contributed by atoms with Crippen molar-refractivity contribution in [2.45, 2.75) is 13.2 Å². The first-order chi connectivity index (χ1) is 17.2. The van der Waals surface area contributed by atoms with E-state index < -0.39 is 0 Å². The van der Waals surface area contributed by atoms with Crippen LogP contribution in [0.4, 0.5) is 11.6 Å². The number of hydrogen-bond acceptors (Lipinski definition) is 9. The first kappa shape index (κ1) is 22.4. The van der Waals surface area contributed by atoms with Crippen LogP contribution in [0, 0.1) is 0 Å². The largest absolute Gasteiger partial charge is 0.490 e. The molecule has 0 aliphatic heterocycles. The first-order valence-electron chi connectivity index (χ1n) is 11.2. The van der Waals surface area contributed by atoms with Crippen molar-refractivity contribution in [2.24, 2.45) is 0 Å². The van der Waals surface area contributed by atoms with Gasteiger partial charge in [-0.2, -0.15) is 0 Å². The molecule has 10 heteroatoms. The number of hydrogen-bond donors (Lipinski definition) is 2.